The lowest BCUT2D eigenvalue weighted by Crippen LogP contribution is -2.58. The molecule has 2 aromatic heterocycles. The molecule has 0 aliphatic carbocycles. The molecule has 220 valence electrons. The monoisotopic (exact) mass is 569 g/mol. The quantitative estimate of drug-likeness (QED) is 0.123. The highest BCUT2D eigenvalue weighted by Gasteiger charge is 2.32. The Bertz CT molecular complexity index is 1370. The number of aliphatic carboxylic acids is 2. The first-order valence-corrected chi connectivity index (χ1v) is 13.1. The molecule has 3 amide bonds. The van der Waals surface area contributed by atoms with E-state index in [1.54, 1.807) is 6.20 Å². The van der Waals surface area contributed by atoms with Crippen LogP contribution in [0.1, 0.15) is 37.9 Å². The van der Waals surface area contributed by atoms with Crippen molar-refractivity contribution in [3.05, 3.63) is 54.2 Å². The Balaban J connectivity index is 1.73. The van der Waals surface area contributed by atoms with E-state index in [2.05, 4.69) is 30.9 Å². The molecule has 2 heterocycles. The first kappa shape index (κ1) is 30.8. The van der Waals surface area contributed by atoms with Gasteiger partial charge in [0.1, 0.15) is 18.1 Å². The molecule has 4 atom stereocenters. The fourth-order valence-electron chi connectivity index (χ4n) is 4.36. The van der Waals surface area contributed by atoms with Crippen molar-refractivity contribution in [3.8, 4) is 0 Å². The number of nitrogens with one attached hydrogen (secondary N) is 5. The van der Waals surface area contributed by atoms with Gasteiger partial charge in [-0.2, -0.15) is 0 Å². The summed E-state index contributed by atoms with van der Waals surface area (Å²) in [6.45, 7) is 3.72. The van der Waals surface area contributed by atoms with Gasteiger partial charge in [-0.3, -0.25) is 19.2 Å². The van der Waals surface area contributed by atoms with E-state index in [1.807, 2.05) is 38.1 Å². The zero-order valence-corrected chi connectivity index (χ0v) is 22.7. The fraction of sp³-hybridized carbons (Fsp3) is 0.407. The number of carbonyl (C=O) groups is 5. The summed E-state index contributed by atoms with van der Waals surface area (Å²) in [5.41, 5.74) is 8.41. The van der Waals surface area contributed by atoms with E-state index in [0.717, 1.165) is 16.5 Å². The van der Waals surface area contributed by atoms with Gasteiger partial charge >= 0.3 is 11.9 Å². The van der Waals surface area contributed by atoms with Gasteiger partial charge in [-0.15, -0.1) is 0 Å². The minimum absolute atomic E-state index is 0.0252. The predicted octanol–water partition coefficient (Wildman–Crippen LogP) is 0.0633. The molecule has 1 aromatic carbocycles. The molecule has 0 aliphatic rings. The molecule has 0 fully saturated rings. The van der Waals surface area contributed by atoms with E-state index < -0.39 is 60.2 Å². The molecule has 4 unspecified atom stereocenters. The fourth-order valence-corrected chi connectivity index (χ4v) is 4.36. The van der Waals surface area contributed by atoms with Crippen molar-refractivity contribution in [1.29, 1.82) is 0 Å². The molecule has 0 radical (unpaired) electrons. The Morgan fingerprint density at radius 1 is 0.902 bits per heavy atom. The average molecular weight is 570 g/mol. The van der Waals surface area contributed by atoms with Crippen molar-refractivity contribution in [1.82, 2.24) is 30.9 Å². The van der Waals surface area contributed by atoms with Crippen LogP contribution in [0.2, 0.25) is 0 Å². The zero-order chi connectivity index (χ0) is 30.1. The number of nitrogens with zero attached hydrogens (tertiary/aromatic N) is 1. The molecule has 0 saturated heterocycles. The molecule has 0 bridgehead atoms. The number of rotatable bonds is 15. The van der Waals surface area contributed by atoms with Crippen molar-refractivity contribution in [3.63, 3.8) is 0 Å². The second kappa shape index (κ2) is 14.1. The van der Waals surface area contributed by atoms with Crippen LogP contribution >= 0.6 is 0 Å². The number of hydrogen-bond donors (Lipinski definition) is 8. The third kappa shape index (κ3) is 8.89. The third-order valence-corrected chi connectivity index (χ3v) is 6.40. The summed E-state index contributed by atoms with van der Waals surface area (Å²) >= 11 is 0. The van der Waals surface area contributed by atoms with Gasteiger partial charge in [0.15, 0.2) is 0 Å². The van der Waals surface area contributed by atoms with E-state index in [0.29, 0.717) is 5.69 Å². The molecular formula is C27H35N7O7. The van der Waals surface area contributed by atoms with Crippen molar-refractivity contribution in [2.24, 2.45) is 11.7 Å². The number of aromatic amines is 2. The number of imidazole rings is 1. The third-order valence-electron chi connectivity index (χ3n) is 6.40. The van der Waals surface area contributed by atoms with Gasteiger partial charge in [0.25, 0.3) is 0 Å². The Morgan fingerprint density at radius 2 is 1.56 bits per heavy atom. The number of carbonyl (C=O) groups excluding carboxylic acids is 3. The van der Waals surface area contributed by atoms with Crippen LogP contribution in [0.3, 0.4) is 0 Å². The lowest BCUT2D eigenvalue weighted by molar-refractivity contribution is -0.147. The summed E-state index contributed by atoms with van der Waals surface area (Å²) in [6, 6.07) is 2.56. The van der Waals surface area contributed by atoms with Crippen molar-refractivity contribution >= 4 is 40.6 Å². The van der Waals surface area contributed by atoms with Crippen LogP contribution in [0.25, 0.3) is 10.9 Å². The summed E-state index contributed by atoms with van der Waals surface area (Å²) < 4.78 is 0. The van der Waals surface area contributed by atoms with Crippen LogP contribution in [-0.4, -0.2) is 79.0 Å². The second-order valence-corrected chi connectivity index (χ2v) is 10.2. The Morgan fingerprint density at radius 3 is 2.20 bits per heavy atom. The van der Waals surface area contributed by atoms with Gasteiger partial charge in [0, 0.05) is 35.4 Å². The number of amides is 3. The Kier molecular flexibility index (Phi) is 10.6. The van der Waals surface area contributed by atoms with Crippen molar-refractivity contribution in [2.75, 3.05) is 0 Å². The molecule has 9 N–H and O–H groups in total. The van der Waals surface area contributed by atoms with E-state index in [4.69, 9.17) is 10.8 Å². The summed E-state index contributed by atoms with van der Waals surface area (Å²) in [5.74, 6) is -5.14. The summed E-state index contributed by atoms with van der Waals surface area (Å²) in [6.07, 6.45) is 4.07. The summed E-state index contributed by atoms with van der Waals surface area (Å²) in [4.78, 5) is 71.8. The van der Waals surface area contributed by atoms with Gasteiger partial charge in [0.05, 0.1) is 18.8 Å². The van der Waals surface area contributed by atoms with Gasteiger partial charge in [-0.1, -0.05) is 32.0 Å². The first-order chi connectivity index (χ1) is 19.4. The van der Waals surface area contributed by atoms with Gasteiger partial charge in [-0.05, 0) is 30.4 Å². The Hall–Kier alpha value is -4.72. The van der Waals surface area contributed by atoms with Gasteiger partial charge in [-0.25, -0.2) is 9.78 Å². The smallest absolute Gasteiger partial charge is 0.326 e. The van der Waals surface area contributed by atoms with Gasteiger partial charge < -0.3 is 41.9 Å². The number of carboxylic acid groups (broad SMARTS) is 2. The standard InChI is InChI=1S/C27H35N7O7/c1-14(2)7-20(32-24(37)18(28)8-15-11-30-19-6-4-3-5-17(15)19)25(38)33-21(9-16-12-29-13-31-16)26(39)34-22(27(40)41)10-23(35)36/h3-6,11-14,18,20-22,30H,7-10,28H2,1-2H3,(H,29,31)(H,32,37)(H,33,38)(H,34,39)(H,35,36)(H,40,41). The normalized spacial score (nSPS) is 14.1. The molecule has 3 aromatic rings. The largest absolute Gasteiger partial charge is 0.481 e. The van der Waals surface area contributed by atoms with Crippen LogP contribution in [0, 0.1) is 5.92 Å². The highest BCUT2D eigenvalue weighted by atomic mass is 16.4. The van der Waals surface area contributed by atoms with Crippen LogP contribution in [0.5, 0.6) is 0 Å². The lowest BCUT2D eigenvalue weighted by atomic mass is 10.0. The SMILES string of the molecule is CC(C)CC(NC(=O)C(N)Cc1c[nH]c2ccccc12)C(=O)NC(Cc1cnc[nH]1)C(=O)NC(CC(=O)O)C(=O)O. The van der Waals surface area contributed by atoms with E-state index in [-0.39, 0.29) is 25.2 Å². The van der Waals surface area contributed by atoms with Crippen LogP contribution in [0.4, 0.5) is 0 Å². The van der Waals surface area contributed by atoms with E-state index >= 15 is 0 Å². The number of hydrogen-bond acceptors (Lipinski definition) is 7. The number of nitrogens with two attached hydrogens (primary N) is 1. The highest BCUT2D eigenvalue weighted by molar-refractivity contribution is 5.95. The minimum atomic E-state index is -1.71. The molecule has 14 heteroatoms. The first-order valence-electron chi connectivity index (χ1n) is 13.1. The van der Waals surface area contributed by atoms with E-state index in [9.17, 15) is 29.1 Å². The maximum Gasteiger partial charge on any atom is 0.326 e. The lowest BCUT2D eigenvalue weighted by Gasteiger charge is -2.25. The second-order valence-electron chi connectivity index (χ2n) is 10.2. The highest BCUT2D eigenvalue weighted by Crippen LogP contribution is 2.19. The zero-order valence-electron chi connectivity index (χ0n) is 22.7. The van der Waals surface area contributed by atoms with Gasteiger partial charge in [0.2, 0.25) is 17.7 Å². The summed E-state index contributed by atoms with van der Waals surface area (Å²) in [5, 5.41) is 26.7. The number of H-pyrrole nitrogens is 2. The molecule has 3 rings (SSSR count). The number of carboxylic acids is 2. The predicted molar refractivity (Wildman–Crippen MR) is 147 cm³/mol. The topological polar surface area (TPSA) is 232 Å². The molecule has 0 aliphatic heterocycles. The van der Waals surface area contributed by atoms with Crippen LogP contribution in [-0.2, 0) is 36.8 Å². The van der Waals surface area contributed by atoms with Crippen molar-refractivity contribution in [2.45, 2.75) is 63.7 Å². The maximum atomic E-state index is 13.4. The molecule has 0 spiro atoms. The Labute approximate surface area is 235 Å². The number of aromatic nitrogens is 3. The number of fused-ring (bicyclic) bond motifs is 1. The minimum Gasteiger partial charge on any atom is -0.481 e. The molecular weight excluding hydrogens is 534 g/mol. The average Bonchev–Trinajstić information content (AvgIpc) is 3.57. The van der Waals surface area contributed by atoms with Crippen LogP contribution < -0.4 is 21.7 Å². The van der Waals surface area contributed by atoms with Crippen molar-refractivity contribution < 1.29 is 34.2 Å². The summed E-state index contributed by atoms with van der Waals surface area (Å²) in [7, 11) is 0. The number of para-hydroxylation sites is 1. The molecule has 41 heavy (non-hydrogen) atoms. The molecule has 0 saturated carbocycles. The molecule has 14 nitrogen and oxygen atoms in total. The maximum absolute atomic E-state index is 13.4. The number of benzene rings is 1. The van der Waals surface area contributed by atoms with Crippen LogP contribution in [0.15, 0.2) is 43.0 Å². The van der Waals surface area contributed by atoms with E-state index in [1.165, 1.54) is 12.5 Å².